The molecule has 0 atom stereocenters. The lowest BCUT2D eigenvalue weighted by Gasteiger charge is -2.26. The number of hydrogen-bond acceptors (Lipinski definition) is 7. The number of ketones is 1. The quantitative estimate of drug-likeness (QED) is 0.0433. The highest BCUT2D eigenvalue weighted by molar-refractivity contribution is 8.17. The van der Waals surface area contributed by atoms with Crippen LogP contribution in [0.3, 0.4) is 0 Å². The number of hydrogen-bond donors (Lipinski definition) is 2. The Bertz CT molecular complexity index is 1620. The number of carbonyl (C=O) groups is 1. The van der Waals surface area contributed by atoms with Crippen LogP contribution in [0.4, 0.5) is 11.4 Å². The maximum atomic E-state index is 13.6. The summed E-state index contributed by atoms with van der Waals surface area (Å²) in [5.74, 6) is -0.647. The van der Waals surface area contributed by atoms with E-state index < -0.39 is 0 Å². The van der Waals surface area contributed by atoms with E-state index in [9.17, 15) is 15.0 Å². The first-order chi connectivity index (χ1) is 28.5. The molecule has 58 heavy (non-hydrogen) atoms. The lowest BCUT2D eigenvalue weighted by molar-refractivity contribution is -0.439. The van der Waals surface area contributed by atoms with E-state index in [1.54, 1.807) is 12.3 Å². The predicted octanol–water partition coefficient (Wildman–Crippen LogP) is 14.8. The third kappa shape index (κ3) is 15.6. The third-order valence-electron chi connectivity index (χ3n) is 11.6. The van der Waals surface area contributed by atoms with Gasteiger partial charge in [0.2, 0.25) is 5.78 Å². The molecule has 0 saturated heterocycles. The molecule has 1 aromatic carbocycles. The summed E-state index contributed by atoms with van der Waals surface area (Å²) in [7, 11) is 0. The van der Waals surface area contributed by atoms with Crippen LogP contribution in [0.2, 0.25) is 0 Å². The number of aliphatic hydroxyl groups is 1. The fraction of sp³-hybridized carbons (Fsp3) is 0.653. The van der Waals surface area contributed by atoms with Crippen LogP contribution in [0.25, 0.3) is 5.57 Å². The van der Waals surface area contributed by atoms with Crippen LogP contribution in [0.1, 0.15) is 193 Å². The van der Waals surface area contributed by atoms with Crippen molar-refractivity contribution in [3.8, 4) is 5.75 Å². The fourth-order valence-corrected chi connectivity index (χ4v) is 8.93. The van der Waals surface area contributed by atoms with Crippen LogP contribution in [0.5, 0.6) is 5.75 Å². The lowest BCUT2D eigenvalue weighted by atomic mass is 9.86. The van der Waals surface area contributed by atoms with Gasteiger partial charge in [-0.05, 0) is 42.9 Å². The number of pyridine rings is 1. The number of nitrogens with zero attached hydrogens (tertiary/aromatic N) is 5. The van der Waals surface area contributed by atoms with E-state index in [4.69, 9.17) is 0 Å². The number of azo groups is 1. The van der Waals surface area contributed by atoms with E-state index in [0.717, 1.165) is 56.7 Å². The number of unbranched alkanes of at least 4 members (excludes halogenated alkanes) is 23. The van der Waals surface area contributed by atoms with Gasteiger partial charge in [-0.25, -0.2) is 9.56 Å². The second kappa shape index (κ2) is 28.1. The fourth-order valence-electron chi connectivity index (χ4n) is 8.00. The number of para-hydroxylation sites is 1. The molecule has 0 bridgehead atoms. The van der Waals surface area contributed by atoms with Gasteiger partial charge < -0.3 is 15.1 Å². The number of allylic oxidation sites excluding steroid dienone is 2. The number of aromatic hydroxyl groups is 1. The molecule has 4 rings (SSSR count). The zero-order valence-corrected chi connectivity index (χ0v) is 37.3. The predicted molar refractivity (Wildman–Crippen MR) is 245 cm³/mol. The first kappa shape index (κ1) is 47.2. The number of aliphatic hydroxyl groups excluding tert-OH is 1. The number of benzene rings is 1. The summed E-state index contributed by atoms with van der Waals surface area (Å²) >= 11 is 1.31. The zero-order chi connectivity index (χ0) is 41.2. The third-order valence-corrected chi connectivity index (χ3v) is 12.6. The van der Waals surface area contributed by atoms with E-state index in [0.29, 0.717) is 10.2 Å². The molecule has 1 aliphatic heterocycles. The monoisotopic (exact) mass is 815 g/mol. The molecule has 320 valence electrons. The topological polar surface area (TPSA) is 101 Å². The van der Waals surface area contributed by atoms with Gasteiger partial charge in [-0.2, -0.15) is 0 Å². The van der Waals surface area contributed by atoms with Crippen molar-refractivity contribution in [3.63, 3.8) is 0 Å². The highest BCUT2D eigenvalue weighted by atomic mass is 32.2. The van der Waals surface area contributed by atoms with Crippen molar-refractivity contribution >= 4 is 39.7 Å². The first-order valence-corrected chi connectivity index (χ1v) is 24.3. The largest absolute Gasteiger partial charge is 0.506 e. The van der Waals surface area contributed by atoms with Crippen LogP contribution in [0, 0.1) is 0 Å². The number of thioether (sulfide) groups is 1. The highest BCUT2D eigenvalue weighted by Crippen LogP contribution is 2.45. The Labute approximate surface area is 355 Å². The standard InChI is InChI=1S/C49H75N5O3S/c1-4-7-10-13-16-17-18-19-20-21-22-23-26-32-37-54(40-33-28-27-29-34-40)49-52-51-48(58-49)44-46(56)43(47(44)57)45-42(55)38-41(39-50-45)53(35-30-24-14-11-8-5-2)36-31-25-15-12-9-6-3/h27-29,33-34,38-39H,4-26,30-32,35-37H2,1-3H3,(H,51,56,57)/p+1. The Morgan fingerprint density at radius 2 is 1.09 bits per heavy atom. The van der Waals surface area contributed by atoms with Crippen LogP contribution in [0.15, 0.2) is 69.2 Å². The Morgan fingerprint density at radius 3 is 1.57 bits per heavy atom. The molecule has 0 unspecified atom stereocenters. The normalized spacial score (nSPS) is 16.1. The minimum absolute atomic E-state index is 0.0384. The second-order valence-corrected chi connectivity index (χ2v) is 17.4. The maximum absolute atomic E-state index is 13.6. The molecular weight excluding hydrogens is 739 g/mol. The summed E-state index contributed by atoms with van der Waals surface area (Å²) in [4.78, 5) is 20.5. The van der Waals surface area contributed by atoms with Crippen LogP contribution in [-0.4, -0.2) is 50.4 Å². The van der Waals surface area contributed by atoms with Gasteiger partial charge in [-0.15, -0.1) is 0 Å². The molecule has 0 radical (unpaired) electrons. The first-order valence-electron chi connectivity index (χ1n) is 23.5. The molecule has 0 spiro atoms. The van der Waals surface area contributed by atoms with E-state index in [2.05, 4.69) is 57.6 Å². The molecule has 2 heterocycles. The number of aromatic nitrogens is 1. The van der Waals surface area contributed by atoms with Gasteiger partial charge in [-0.3, -0.25) is 4.79 Å². The average Bonchev–Trinajstić information content (AvgIpc) is 3.70. The van der Waals surface area contributed by atoms with Gasteiger partial charge in [0.1, 0.15) is 28.5 Å². The van der Waals surface area contributed by atoms with Crippen molar-refractivity contribution in [2.45, 2.75) is 188 Å². The van der Waals surface area contributed by atoms with Crippen LogP contribution in [-0.2, 0) is 4.79 Å². The van der Waals surface area contributed by atoms with Crippen molar-refractivity contribution < 1.29 is 19.6 Å². The Morgan fingerprint density at radius 1 is 0.603 bits per heavy atom. The Balaban J connectivity index is 1.35. The molecule has 0 fully saturated rings. The van der Waals surface area contributed by atoms with Crippen LogP contribution >= 0.6 is 11.8 Å². The van der Waals surface area contributed by atoms with E-state index in [1.807, 2.05) is 18.2 Å². The van der Waals surface area contributed by atoms with E-state index in [-0.39, 0.29) is 34.1 Å². The Hall–Kier alpha value is -3.46. The van der Waals surface area contributed by atoms with E-state index in [1.165, 1.54) is 153 Å². The van der Waals surface area contributed by atoms with Gasteiger partial charge in [0.15, 0.2) is 5.03 Å². The molecule has 2 aliphatic rings. The van der Waals surface area contributed by atoms with Gasteiger partial charge in [0.05, 0.1) is 29.1 Å². The maximum Gasteiger partial charge on any atom is 0.392 e. The molecule has 1 aromatic heterocycles. The summed E-state index contributed by atoms with van der Waals surface area (Å²) in [6.07, 6.45) is 34.8. The van der Waals surface area contributed by atoms with Gasteiger partial charge >= 0.3 is 5.17 Å². The number of anilines is 1. The van der Waals surface area contributed by atoms with E-state index >= 15 is 0 Å². The number of amidine groups is 1. The summed E-state index contributed by atoms with van der Waals surface area (Å²) in [5, 5.41) is 32.4. The Kier molecular flexibility index (Phi) is 22.9. The average molecular weight is 815 g/mol. The van der Waals surface area contributed by atoms with Crippen molar-refractivity contribution in [1.82, 2.24) is 4.98 Å². The summed E-state index contributed by atoms with van der Waals surface area (Å²) in [5.41, 5.74) is 2.18. The minimum Gasteiger partial charge on any atom is -0.506 e. The van der Waals surface area contributed by atoms with Crippen molar-refractivity contribution in [3.05, 3.63) is 64.7 Å². The molecule has 0 saturated carbocycles. The molecule has 2 aromatic rings. The molecule has 2 N–H and O–H groups in total. The van der Waals surface area contributed by atoms with Gasteiger partial charge in [-0.1, -0.05) is 180 Å². The number of rotatable bonds is 32. The number of carbonyl (C=O) groups excluding carboxylic acids is 1. The van der Waals surface area contributed by atoms with Crippen molar-refractivity contribution in [1.29, 1.82) is 0 Å². The van der Waals surface area contributed by atoms with Crippen molar-refractivity contribution in [2.75, 3.05) is 24.5 Å². The smallest absolute Gasteiger partial charge is 0.392 e. The molecule has 9 heteroatoms. The minimum atomic E-state index is -0.370. The summed E-state index contributed by atoms with van der Waals surface area (Å²) in [6.45, 7) is 9.37. The zero-order valence-electron chi connectivity index (χ0n) is 36.5. The lowest BCUT2D eigenvalue weighted by Crippen LogP contribution is -2.26. The number of Topliss-reactive ketones (excluding diaryl/α,β-unsaturated/α-hetero) is 1. The SMILES string of the molecule is CCCCCCCCCCCCCCCC[N+](=C1N=NC(=C2C(=O)C(c3ncc(N(CCCCCCCC)CCCCCCCC)cc3O)=C2O)S1)c1ccccc1. The van der Waals surface area contributed by atoms with Crippen molar-refractivity contribution in [2.24, 2.45) is 10.2 Å². The molecule has 0 amide bonds. The van der Waals surface area contributed by atoms with Crippen LogP contribution < -0.4 is 4.90 Å². The van der Waals surface area contributed by atoms with Gasteiger partial charge in [0.25, 0.3) is 0 Å². The highest BCUT2D eigenvalue weighted by Gasteiger charge is 2.43. The molecule has 1 aliphatic carbocycles. The summed E-state index contributed by atoms with van der Waals surface area (Å²) < 4.78 is 2.17. The second-order valence-electron chi connectivity index (χ2n) is 16.5. The molecule has 8 nitrogen and oxygen atoms in total. The molecular formula is C49H76N5O3S+. The van der Waals surface area contributed by atoms with Gasteiger partial charge in [0, 0.05) is 30.9 Å². The summed E-state index contributed by atoms with van der Waals surface area (Å²) in [6, 6.07) is 11.9.